The molecule has 1 aliphatic carbocycles. The second-order valence-electron chi connectivity index (χ2n) is 8.26. The number of hydrogen-bond acceptors (Lipinski definition) is 0. The lowest BCUT2D eigenvalue weighted by molar-refractivity contribution is -0.143. The van der Waals surface area contributed by atoms with Crippen molar-refractivity contribution >= 4 is 6.08 Å². The first kappa shape index (κ1) is 22.4. The average molecular weight is 426 g/mol. The normalized spacial score (nSPS) is 15.4. The number of benzene rings is 2. The summed E-state index contributed by atoms with van der Waals surface area (Å²) in [6, 6.07) is 5.64. The first-order chi connectivity index (χ1) is 13.8. The maximum Gasteiger partial charge on any atom is 0.416 e. The minimum Gasteiger partial charge on any atom is -0.166 e. The van der Waals surface area contributed by atoms with Gasteiger partial charge in [0.15, 0.2) is 0 Å². The second kappa shape index (κ2) is 7.78. The highest BCUT2D eigenvalue weighted by atomic mass is 19.4. The quantitative estimate of drug-likeness (QED) is 0.430. The summed E-state index contributed by atoms with van der Waals surface area (Å²) in [5, 5.41) is 0. The van der Waals surface area contributed by atoms with Gasteiger partial charge in [0, 0.05) is 0 Å². The van der Waals surface area contributed by atoms with Crippen LogP contribution >= 0.6 is 0 Å². The molecule has 0 saturated carbocycles. The molecule has 0 radical (unpaired) electrons. The lowest BCUT2D eigenvalue weighted by Gasteiger charge is -2.20. The topological polar surface area (TPSA) is 0 Å². The molecule has 1 unspecified atom stereocenters. The molecule has 2 aromatic carbocycles. The maximum absolute atomic E-state index is 13.4. The van der Waals surface area contributed by atoms with Crippen LogP contribution in [0.5, 0.6) is 0 Å². The molecule has 0 fully saturated rings. The van der Waals surface area contributed by atoms with Gasteiger partial charge in [-0.05, 0) is 70.7 Å². The van der Waals surface area contributed by atoms with E-state index in [1.54, 1.807) is 0 Å². The summed E-state index contributed by atoms with van der Waals surface area (Å²) in [5.74, 6) is 0.232. The standard InChI is InChI=1S/C24H24F6/c1-5-14(4)16-8-15-6-7-20(13(2)3)22(21(15)11-16)17-9-18(23(25,26)27)12-19(10-17)24(28,29)30/h6-7,9-14H,5,8H2,1-4H3. The van der Waals surface area contributed by atoms with Crippen LogP contribution in [0.2, 0.25) is 0 Å². The van der Waals surface area contributed by atoms with Gasteiger partial charge in [0.1, 0.15) is 0 Å². The molecule has 162 valence electrons. The largest absolute Gasteiger partial charge is 0.416 e. The number of alkyl halides is 6. The second-order valence-corrected chi connectivity index (χ2v) is 8.26. The summed E-state index contributed by atoms with van der Waals surface area (Å²) in [5.41, 5.74) is 1.42. The first-order valence-electron chi connectivity index (χ1n) is 9.99. The fraction of sp³-hybridized carbons (Fsp3) is 0.417. The Morgan fingerprint density at radius 1 is 0.867 bits per heavy atom. The summed E-state index contributed by atoms with van der Waals surface area (Å²) in [6.07, 6.45) is -6.21. The van der Waals surface area contributed by atoms with Crippen molar-refractivity contribution in [2.24, 2.45) is 5.92 Å². The monoisotopic (exact) mass is 426 g/mol. The van der Waals surface area contributed by atoms with Crippen LogP contribution in [0.4, 0.5) is 26.3 Å². The number of fused-ring (bicyclic) bond motifs is 1. The summed E-state index contributed by atoms with van der Waals surface area (Å²) >= 11 is 0. The predicted molar refractivity (Wildman–Crippen MR) is 107 cm³/mol. The van der Waals surface area contributed by atoms with Crippen molar-refractivity contribution < 1.29 is 26.3 Å². The van der Waals surface area contributed by atoms with Gasteiger partial charge in [-0.25, -0.2) is 0 Å². The Labute approximate surface area is 172 Å². The van der Waals surface area contributed by atoms with E-state index < -0.39 is 23.5 Å². The number of hydrogen-bond donors (Lipinski definition) is 0. The van der Waals surface area contributed by atoms with E-state index in [1.165, 1.54) is 0 Å². The Bertz CT molecular complexity index is 944. The van der Waals surface area contributed by atoms with Crippen LogP contribution in [0.3, 0.4) is 0 Å². The van der Waals surface area contributed by atoms with Gasteiger partial charge in [-0.3, -0.25) is 0 Å². The molecule has 1 aliphatic rings. The molecule has 0 saturated heterocycles. The summed E-state index contributed by atoms with van der Waals surface area (Å²) in [7, 11) is 0. The van der Waals surface area contributed by atoms with Crippen molar-refractivity contribution in [3.63, 3.8) is 0 Å². The predicted octanol–water partition coefficient (Wildman–Crippen LogP) is 8.50. The van der Waals surface area contributed by atoms with Crippen LogP contribution in [0.25, 0.3) is 17.2 Å². The van der Waals surface area contributed by atoms with Gasteiger partial charge in [-0.15, -0.1) is 0 Å². The molecule has 0 N–H and O–H groups in total. The highest BCUT2D eigenvalue weighted by Crippen LogP contribution is 2.44. The molecular formula is C24H24F6. The van der Waals surface area contributed by atoms with Crippen LogP contribution < -0.4 is 0 Å². The SMILES string of the molecule is CCC(C)C1=Cc2c(ccc(C(C)C)c2-c2cc(C(F)(F)F)cc(C(F)(F)F)c2)C1. The Morgan fingerprint density at radius 2 is 1.43 bits per heavy atom. The third-order valence-corrected chi connectivity index (χ3v) is 5.84. The maximum atomic E-state index is 13.4. The van der Waals surface area contributed by atoms with Gasteiger partial charge in [0.25, 0.3) is 0 Å². The zero-order chi connectivity index (χ0) is 22.4. The van der Waals surface area contributed by atoms with E-state index in [4.69, 9.17) is 0 Å². The molecule has 0 bridgehead atoms. The molecule has 0 aromatic heterocycles. The average Bonchev–Trinajstić information content (AvgIpc) is 3.08. The molecular weight excluding hydrogens is 402 g/mol. The number of halogens is 6. The van der Waals surface area contributed by atoms with E-state index in [1.807, 2.05) is 32.1 Å². The van der Waals surface area contributed by atoms with Crippen molar-refractivity contribution in [3.8, 4) is 11.1 Å². The molecule has 6 heteroatoms. The fourth-order valence-electron chi connectivity index (χ4n) is 3.94. The van der Waals surface area contributed by atoms with Crippen LogP contribution in [-0.4, -0.2) is 0 Å². The Balaban J connectivity index is 2.33. The van der Waals surface area contributed by atoms with Crippen molar-refractivity contribution in [1.82, 2.24) is 0 Å². The fourth-order valence-corrected chi connectivity index (χ4v) is 3.94. The third-order valence-electron chi connectivity index (χ3n) is 5.84. The highest BCUT2D eigenvalue weighted by Gasteiger charge is 2.37. The van der Waals surface area contributed by atoms with E-state index in [-0.39, 0.29) is 17.5 Å². The molecule has 1 atom stereocenters. The third kappa shape index (κ3) is 4.28. The zero-order valence-corrected chi connectivity index (χ0v) is 17.3. The molecule has 3 rings (SSSR count). The van der Waals surface area contributed by atoms with Gasteiger partial charge in [-0.1, -0.05) is 51.5 Å². The van der Waals surface area contributed by atoms with E-state index >= 15 is 0 Å². The van der Waals surface area contributed by atoms with Gasteiger partial charge in [0.2, 0.25) is 0 Å². The van der Waals surface area contributed by atoms with Crippen LogP contribution in [-0.2, 0) is 18.8 Å². The van der Waals surface area contributed by atoms with Gasteiger partial charge < -0.3 is 0 Å². The highest BCUT2D eigenvalue weighted by molar-refractivity contribution is 5.84. The molecule has 0 heterocycles. The minimum absolute atomic E-state index is 0.0423. The van der Waals surface area contributed by atoms with E-state index in [9.17, 15) is 26.3 Å². The van der Waals surface area contributed by atoms with Crippen LogP contribution in [0, 0.1) is 5.92 Å². The molecule has 30 heavy (non-hydrogen) atoms. The lowest BCUT2D eigenvalue weighted by Crippen LogP contribution is -2.11. The Morgan fingerprint density at radius 3 is 1.90 bits per heavy atom. The van der Waals surface area contributed by atoms with E-state index in [0.29, 0.717) is 17.9 Å². The minimum atomic E-state index is -4.87. The summed E-state index contributed by atoms with van der Waals surface area (Å²) < 4.78 is 80.5. The first-order valence-corrected chi connectivity index (χ1v) is 9.99. The molecule has 0 amide bonds. The van der Waals surface area contributed by atoms with Gasteiger partial charge >= 0.3 is 12.4 Å². The van der Waals surface area contributed by atoms with Crippen molar-refractivity contribution in [2.45, 2.75) is 58.8 Å². The van der Waals surface area contributed by atoms with Crippen LogP contribution in [0.15, 0.2) is 35.9 Å². The zero-order valence-electron chi connectivity index (χ0n) is 17.3. The van der Waals surface area contributed by atoms with E-state index in [0.717, 1.165) is 40.8 Å². The Kier molecular flexibility index (Phi) is 5.82. The van der Waals surface area contributed by atoms with Crippen molar-refractivity contribution in [2.75, 3.05) is 0 Å². The Hall–Kier alpha value is -2.24. The van der Waals surface area contributed by atoms with Gasteiger partial charge in [-0.2, -0.15) is 26.3 Å². The summed E-state index contributed by atoms with van der Waals surface area (Å²) in [6.45, 7) is 7.90. The van der Waals surface area contributed by atoms with Gasteiger partial charge in [0.05, 0.1) is 11.1 Å². The smallest absolute Gasteiger partial charge is 0.166 e. The van der Waals surface area contributed by atoms with Crippen molar-refractivity contribution in [3.05, 3.63) is 63.7 Å². The number of allylic oxidation sites excluding steroid dienone is 1. The molecule has 0 aliphatic heterocycles. The number of rotatable bonds is 4. The lowest BCUT2D eigenvalue weighted by atomic mass is 9.86. The molecule has 0 spiro atoms. The van der Waals surface area contributed by atoms with Crippen molar-refractivity contribution in [1.29, 1.82) is 0 Å². The van der Waals surface area contributed by atoms with E-state index in [2.05, 4.69) is 13.8 Å². The molecule has 2 aromatic rings. The van der Waals surface area contributed by atoms with Crippen LogP contribution in [0.1, 0.15) is 67.9 Å². The summed E-state index contributed by atoms with van der Waals surface area (Å²) in [4.78, 5) is 0. The molecule has 0 nitrogen and oxygen atoms in total.